The Kier molecular flexibility index (Phi) is 4.29. The topological polar surface area (TPSA) is 76.6 Å². The van der Waals surface area contributed by atoms with Crippen LogP contribution in [0.25, 0.3) is 11.4 Å². The number of tetrazole rings is 1. The summed E-state index contributed by atoms with van der Waals surface area (Å²) in [5.74, 6) is 1.31. The average Bonchev–Trinajstić information content (AvgIpc) is 3.05. The van der Waals surface area contributed by atoms with Gasteiger partial charge in [-0.25, -0.2) is 0 Å². The highest BCUT2D eigenvalue weighted by Crippen LogP contribution is 2.14. The normalized spacial score (nSPS) is 10.3. The Balaban J connectivity index is 1.56. The van der Waals surface area contributed by atoms with Crippen LogP contribution in [0.1, 0.15) is 11.1 Å². The molecule has 23 heavy (non-hydrogen) atoms. The second kappa shape index (κ2) is 6.71. The van der Waals surface area contributed by atoms with Crippen molar-refractivity contribution in [1.82, 2.24) is 20.2 Å². The number of ether oxygens (including phenoxy) is 1. The van der Waals surface area contributed by atoms with Crippen molar-refractivity contribution in [2.24, 2.45) is 0 Å². The van der Waals surface area contributed by atoms with Crippen molar-refractivity contribution in [2.45, 2.75) is 13.5 Å². The van der Waals surface area contributed by atoms with Crippen molar-refractivity contribution in [2.75, 3.05) is 6.61 Å². The lowest BCUT2D eigenvalue weighted by Crippen LogP contribution is -2.11. The van der Waals surface area contributed by atoms with Crippen LogP contribution in [0.5, 0.6) is 5.75 Å². The molecule has 1 aromatic heterocycles. The predicted octanol–water partition coefficient (Wildman–Crippen LogP) is 2.60. The van der Waals surface area contributed by atoms with Crippen LogP contribution in [0.15, 0.2) is 48.5 Å². The molecule has 3 rings (SSSR count). The van der Waals surface area contributed by atoms with E-state index < -0.39 is 0 Å². The third-order valence-electron chi connectivity index (χ3n) is 3.31. The van der Waals surface area contributed by atoms with Gasteiger partial charge in [0.1, 0.15) is 12.4 Å². The Morgan fingerprint density at radius 2 is 1.83 bits per heavy atom. The molecule has 6 nitrogen and oxygen atoms in total. The van der Waals surface area contributed by atoms with E-state index in [0.29, 0.717) is 30.3 Å². The number of aromatic nitrogens is 4. The maximum absolute atomic E-state index is 8.75. The summed E-state index contributed by atoms with van der Waals surface area (Å²) in [6.07, 6.45) is 0. The maximum atomic E-state index is 8.75. The van der Waals surface area contributed by atoms with Gasteiger partial charge in [-0.3, -0.25) is 0 Å². The van der Waals surface area contributed by atoms with Crippen LogP contribution in [-0.2, 0) is 6.54 Å². The van der Waals surface area contributed by atoms with E-state index in [0.717, 1.165) is 5.56 Å². The van der Waals surface area contributed by atoms with E-state index >= 15 is 0 Å². The third-order valence-corrected chi connectivity index (χ3v) is 3.31. The van der Waals surface area contributed by atoms with Crippen LogP contribution >= 0.6 is 0 Å². The van der Waals surface area contributed by atoms with Gasteiger partial charge < -0.3 is 4.74 Å². The summed E-state index contributed by atoms with van der Waals surface area (Å²) in [7, 11) is 0. The Morgan fingerprint density at radius 3 is 2.52 bits per heavy atom. The molecule has 0 atom stereocenters. The molecule has 2 aromatic carbocycles. The highest BCUT2D eigenvalue weighted by atomic mass is 16.5. The number of hydrogen-bond donors (Lipinski definition) is 0. The van der Waals surface area contributed by atoms with Crippen LogP contribution in [0.2, 0.25) is 0 Å². The number of hydrogen-bond acceptors (Lipinski definition) is 5. The Hall–Kier alpha value is -3.20. The molecule has 114 valence electrons. The summed E-state index contributed by atoms with van der Waals surface area (Å²) in [6.45, 7) is 2.96. The first-order valence-electron chi connectivity index (χ1n) is 7.22. The quantitative estimate of drug-likeness (QED) is 0.724. The molecule has 0 saturated heterocycles. The molecule has 1 heterocycles. The summed E-state index contributed by atoms with van der Waals surface area (Å²) >= 11 is 0. The molecule has 3 aromatic rings. The lowest BCUT2D eigenvalue weighted by Gasteiger charge is -2.04. The molecular weight excluding hydrogens is 290 g/mol. The molecule has 0 saturated carbocycles. The van der Waals surface area contributed by atoms with E-state index in [1.54, 1.807) is 24.3 Å². The van der Waals surface area contributed by atoms with E-state index in [4.69, 9.17) is 10.00 Å². The van der Waals surface area contributed by atoms with E-state index in [1.165, 1.54) is 10.4 Å². The van der Waals surface area contributed by atoms with Gasteiger partial charge in [-0.15, -0.1) is 10.2 Å². The number of rotatable bonds is 5. The predicted molar refractivity (Wildman–Crippen MR) is 84.6 cm³/mol. The van der Waals surface area contributed by atoms with Gasteiger partial charge in [-0.05, 0) is 36.4 Å². The zero-order valence-corrected chi connectivity index (χ0v) is 12.7. The number of nitrogens with zero attached hydrogens (tertiary/aromatic N) is 5. The second-order valence-corrected chi connectivity index (χ2v) is 5.06. The molecule has 0 bridgehead atoms. The lowest BCUT2D eigenvalue weighted by atomic mass is 10.1. The van der Waals surface area contributed by atoms with E-state index in [1.807, 2.05) is 31.2 Å². The fourth-order valence-corrected chi connectivity index (χ4v) is 2.03. The highest BCUT2D eigenvalue weighted by molar-refractivity contribution is 5.53. The van der Waals surface area contributed by atoms with Gasteiger partial charge >= 0.3 is 0 Å². The Bertz CT molecular complexity index is 815. The third kappa shape index (κ3) is 3.71. The fourth-order valence-electron chi connectivity index (χ4n) is 2.03. The number of aryl methyl sites for hydroxylation is 1. The molecule has 6 heteroatoms. The molecule has 0 unspecified atom stereocenters. The van der Waals surface area contributed by atoms with Gasteiger partial charge in [0.15, 0.2) is 0 Å². The summed E-state index contributed by atoms with van der Waals surface area (Å²) in [6, 6.07) is 17.0. The molecule has 0 radical (unpaired) electrons. The van der Waals surface area contributed by atoms with Gasteiger partial charge in [-0.1, -0.05) is 29.8 Å². The van der Waals surface area contributed by atoms with Crippen molar-refractivity contribution in [1.29, 1.82) is 5.26 Å². The zero-order valence-electron chi connectivity index (χ0n) is 12.7. The average molecular weight is 305 g/mol. The molecular formula is C17H15N5O. The fraction of sp³-hybridized carbons (Fsp3) is 0.176. The van der Waals surface area contributed by atoms with Crippen molar-refractivity contribution in [3.05, 3.63) is 59.7 Å². The minimum atomic E-state index is 0.426. The number of benzene rings is 2. The maximum Gasteiger partial charge on any atom is 0.204 e. The first-order chi connectivity index (χ1) is 11.2. The SMILES string of the molecule is Cc1ccc(-c2nnn(CCOc3ccc(C#N)cc3)n2)cc1. The zero-order chi connectivity index (χ0) is 16.1. The lowest BCUT2D eigenvalue weighted by molar-refractivity contribution is 0.280. The van der Waals surface area contributed by atoms with Crippen LogP contribution in [0.4, 0.5) is 0 Å². The van der Waals surface area contributed by atoms with Gasteiger partial charge in [0.05, 0.1) is 18.2 Å². The first kappa shape index (κ1) is 14.7. The van der Waals surface area contributed by atoms with Crippen molar-refractivity contribution in [3.63, 3.8) is 0 Å². The van der Waals surface area contributed by atoms with Crippen molar-refractivity contribution in [3.8, 4) is 23.2 Å². The van der Waals surface area contributed by atoms with Crippen LogP contribution in [0, 0.1) is 18.3 Å². The molecule has 0 aliphatic rings. The largest absolute Gasteiger partial charge is 0.492 e. The molecule has 0 amide bonds. The van der Waals surface area contributed by atoms with Gasteiger partial charge in [0.25, 0.3) is 0 Å². The molecule has 0 spiro atoms. The molecule has 0 N–H and O–H groups in total. The number of nitriles is 1. The smallest absolute Gasteiger partial charge is 0.204 e. The summed E-state index contributed by atoms with van der Waals surface area (Å²) in [5.41, 5.74) is 2.74. The van der Waals surface area contributed by atoms with Gasteiger partial charge in [0.2, 0.25) is 5.82 Å². The van der Waals surface area contributed by atoms with E-state index in [-0.39, 0.29) is 0 Å². The van der Waals surface area contributed by atoms with Gasteiger partial charge in [-0.2, -0.15) is 10.1 Å². The van der Waals surface area contributed by atoms with E-state index in [9.17, 15) is 0 Å². The van der Waals surface area contributed by atoms with E-state index in [2.05, 4.69) is 21.5 Å². The summed E-state index contributed by atoms with van der Waals surface area (Å²) < 4.78 is 5.60. The first-order valence-corrected chi connectivity index (χ1v) is 7.22. The van der Waals surface area contributed by atoms with Crippen molar-refractivity contribution < 1.29 is 4.74 Å². The minimum Gasteiger partial charge on any atom is -0.492 e. The van der Waals surface area contributed by atoms with Crippen molar-refractivity contribution >= 4 is 0 Å². The molecule has 0 aliphatic carbocycles. The van der Waals surface area contributed by atoms with Crippen LogP contribution in [0.3, 0.4) is 0 Å². The Morgan fingerprint density at radius 1 is 1.09 bits per heavy atom. The molecule has 0 fully saturated rings. The van der Waals surface area contributed by atoms with Gasteiger partial charge in [0, 0.05) is 5.56 Å². The summed E-state index contributed by atoms with van der Waals surface area (Å²) in [4.78, 5) is 1.51. The molecule has 0 aliphatic heterocycles. The highest BCUT2D eigenvalue weighted by Gasteiger charge is 2.05. The van der Waals surface area contributed by atoms with Crippen LogP contribution in [-0.4, -0.2) is 26.8 Å². The minimum absolute atomic E-state index is 0.426. The monoisotopic (exact) mass is 305 g/mol. The standard InChI is InChI=1S/C17H15N5O/c1-13-2-6-15(7-3-13)17-19-21-22(20-17)10-11-23-16-8-4-14(12-18)5-9-16/h2-9H,10-11H2,1H3. The second-order valence-electron chi connectivity index (χ2n) is 5.06. The Labute approximate surface area is 133 Å². The summed E-state index contributed by atoms with van der Waals surface area (Å²) in [5, 5.41) is 21.2. The van der Waals surface area contributed by atoms with Crippen LogP contribution < -0.4 is 4.74 Å².